The number of allylic oxidation sites excluding steroid dienone is 1. The summed E-state index contributed by atoms with van der Waals surface area (Å²) in [5.41, 5.74) is 2.89. The fourth-order valence-electron chi connectivity index (χ4n) is 3.60. The van der Waals surface area contributed by atoms with E-state index in [-0.39, 0.29) is 5.78 Å². The molecular weight excluding hydrogens is 474 g/mol. The number of methoxy groups -OCH3 is 6. The van der Waals surface area contributed by atoms with E-state index in [2.05, 4.69) is 5.32 Å². The average Bonchev–Trinajstić information content (AvgIpc) is 2.95. The first kappa shape index (κ1) is 27.0. The van der Waals surface area contributed by atoms with Gasteiger partial charge in [-0.2, -0.15) is 0 Å². The van der Waals surface area contributed by atoms with Crippen molar-refractivity contribution >= 4 is 23.6 Å². The molecule has 1 N–H and O–H groups in total. The number of carbonyl (C=O) groups excluding carboxylic acids is 1. The highest BCUT2D eigenvalue weighted by molar-refractivity contribution is 6.04. The predicted molar refractivity (Wildman–Crippen MR) is 145 cm³/mol. The molecule has 3 aromatic rings. The number of anilines is 1. The molecule has 8 heteroatoms. The topological polar surface area (TPSA) is 84.5 Å². The van der Waals surface area contributed by atoms with Gasteiger partial charge in [-0.1, -0.05) is 12.2 Å². The molecule has 0 spiro atoms. The van der Waals surface area contributed by atoms with E-state index in [1.165, 1.54) is 6.08 Å². The average molecular weight is 506 g/mol. The van der Waals surface area contributed by atoms with E-state index in [4.69, 9.17) is 28.4 Å². The van der Waals surface area contributed by atoms with Gasteiger partial charge in [-0.05, 0) is 48.0 Å². The van der Waals surface area contributed by atoms with E-state index in [0.717, 1.165) is 11.1 Å². The second kappa shape index (κ2) is 12.9. The summed E-state index contributed by atoms with van der Waals surface area (Å²) in [7, 11) is 9.42. The van der Waals surface area contributed by atoms with E-state index in [1.54, 1.807) is 79.2 Å². The maximum atomic E-state index is 12.6. The Labute approximate surface area is 217 Å². The Morgan fingerprint density at radius 1 is 0.676 bits per heavy atom. The molecule has 194 valence electrons. The first-order chi connectivity index (χ1) is 18.0. The zero-order chi connectivity index (χ0) is 26.8. The minimum absolute atomic E-state index is 0.148. The van der Waals surface area contributed by atoms with Crippen molar-refractivity contribution in [3.8, 4) is 34.5 Å². The minimum Gasteiger partial charge on any atom is -0.497 e. The van der Waals surface area contributed by atoms with Gasteiger partial charge >= 0.3 is 0 Å². The Balaban J connectivity index is 1.91. The number of hydrogen-bond donors (Lipinski definition) is 1. The standard InChI is InChI=1S/C29H31NO7/c1-32-22-11-9-20(10-12-22)24(31)13-14-30-23-18-26(34-3)25(33-2)17-21(23)8-7-19-15-27(35-4)29(37-6)28(16-19)36-5/h7-18,30H,1-6H3/b8-7-,14-13-. The monoisotopic (exact) mass is 505 g/mol. The molecule has 0 unspecified atom stereocenters. The fraction of sp³-hybridized carbons (Fsp3) is 0.207. The smallest absolute Gasteiger partial charge is 0.203 e. The van der Waals surface area contributed by atoms with Crippen molar-refractivity contribution in [3.63, 3.8) is 0 Å². The van der Waals surface area contributed by atoms with Gasteiger partial charge < -0.3 is 33.7 Å². The van der Waals surface area contributed by atoms with Crippen LogP contribution in [0.5, 0.6) is 34.5 Å². The van der Waals surface area contributed by atoms with E-state index >= 15 is 0 Å². The molecule has 0 aliphatic rings. The summed E-state index contributed by atoms with van der Waals surface area (Å²) in [6, 6.07) is 14.3. The normalized spacial score (nSPS) is 10.9. The Kier molecular flexibility index (Phi) is 9.43. The lowest BCUT2D eigenvalue weighted by atomic mass is 10.1. The van der Waals surface area contributed by atoms with Gasteiger partial charge in [0, 0.05) is 35.2 Å². The number of rotatable bonds is 12. The van der Waals surface area contributed by atoms with Gasteiger partial charge in [-0.3, -0.25) is 4.79 Å². The molecule has 0 fully saturated rings. The lowest BCUT2D eigenvalue weighted by Crippen LogP contribution is -1.99. The summed E-state index contributed by atoms with van der Waals surface area (Å²) in [6.07, 6.45) is 6.86. The van der Waals surface area contributed by atoms with Gasteiger partial charge in [0.15, 0.2) is 28.8 Å². The van der Waals surface area contributed by atoms with Crippen LogP contribution in [0.4, 0.5) is 5.69 Å². The molecule has 37 heavy (non-hydrogen) atoms. The van der Waals surface area contributed by atoms with Crippen LogP contribution in [0.2, 0.25) is 0 Å². The lowest BCUT2D eigenvalue weighted by Gasteiger charge is -2.14. The number of carbonyl (C=O) groups is 1. The van der Waals surface area contributed by atoms with Crippen molar-refractivity contribution in [3.05, 3.63) is 77.5 Å². The first-order valence-corrected chi connectivity index (χ1v) is 11.3. The van der Waals surface area contributed by atoms with Gasteiger partial charge in [0.1, 0.15) is 5.75 Å². The Morgan fingerprint density at radius 2 is 1.27 bits per heavy atom. The highest BCUT2D eigenvalue weighted by atomic mass is 16.5. The van der Waals surface area contributed by atoms with Gasteiger partial charge in [0.25, 0.3) is 0 Å². The minimum atomic E-state index is -0.148. The lowest BCUT2D eigenvalue weighted by molar-refractivity contribution is 0.104. The molecule has 0 heterocycles. The summed E-state index contributed by atoms with van der Waals surface area (Å²) in [6.45, 7) is 0. The van der Waals surface area contributed by atoms with Gasteiger partial charge in [-0.25, -0.2) is 0 Å². The van der Waals surface area contributed by atoms with Crippen LogP contribution in [-0.4, -0.2) is 48.4 Å². The molecular formula is C29H31NO7. The Morgan fingerprint density at radius 3 is 1.81 bits per heavy atom. The quantitative estimate of drug-likeness (QED) is 0.190. The van der Waals surface area contributed by atoms with E-state index in [0.29, 0.717) is 45.7 Å². The number of ketones is 1. The van der Waals surface area contributed by atoms with Crippen molar-refractivity contribution in [1.29, 1.82) is 0 Å². The summed E-state index contributed by atoms with van der Waals surface area (Å²) >= 11 is 0. The van der Waals surface area contributed by atoms with Crippen molar-refractivity contribution in [1.82, 2.24) is 0 Å². The number of benzene rings is 3. The van der Waals surface area contributed by atoms with Crippen LogP contribution in [0.3, 0.4) is 0 Å². The summed E-state index contributed by atoms with van der Waals surface area (Å²) in [4.78, 5) is 12.6. The largest absolute Gasteiger partial charge is 0.497 e. The van der Waals surface area contributed by atoms with Crippen LogP contribution in [0.15, 0.2) is 60.8 Å². The predicted octanol–water partition coefficient (Wildman–Crippen LogP) is 5.72. The SMILES string of the molecule is COc1ccc(C(=O)/C=C\Nc2cc(OC)c(OC)cc2/C=C\c2cc(OC)c(OC)c(OC)c2)cc1. The Hall–Kier alpha value is -4.59. The molecule has 0 radical (unpaired) electrons. The molecule has 3 rings (SSSR count). The third-order valence-electron chi connectivity index (χ3n) is 5.55. The molecule has 0 atom stereocenters. The van der Waals surface area contributed by atoms with Crippen LogP contribution in [0, 0.1) is 0 Å². The van der Waals surface area contributed by atoms with Crippen LogP contribution < -0.4 is 33.7 Å². The molecule has 0 saturated carbocycles. The first-order valence-electron chi connectivity index (χ1n) is 11.3. The highest BCUT2D eigenvalue weighted by Gasteiger charge is 2.13. The van der Waals surface area contributed by atoms with E-state index < -0.39 is 0 Å². The molecule has 3 aromatic carbocycles. The molecule has 8 nitrogen and oxygen atoms in total. The number of hydrogen-bond acceptors (Lipinski definition) is 8. The summed E-state index contributed by atoms with van der Waals surface area (Å²) < 4.78 is 32.4. The zero-order valence-corrected chi connectivity index (χ0v) is 21.8. The number of ether oxygens (including phenoxy) is 6. The summed E-state index contributed by atoms with van der Waals surface area (Å²) in [5.74, 6) is 3.26. The maximum absolute atomic E-state index is 12.6. The third-order valence-corrected chi connectivity index (χ3v) is 5.55. The van der Waals surface area contributed by atoms with Crippen LogP contribution in [0.1, 0.15) is 21.5 Å². The van der Waals surface area contributed by atoms with E-state index in [9.17, 15) is 4.79 Å². The van der Waals surface area contributed by atoms with Crippen molar-refractivity contribution in [2.75, 3.05) is 48.0 Å². The fourth-order valence-corrected chi connectivity index (χ4v) is 3.60. The maximum Gasteiger partial charge on any atom is 0.203 e. The number of nitrogens with one attached hydrogen (secondary N) is 1. The molecule has 0 bridgehead atoms. The second-order valence-corrected chi connectivity index (χ2v) is 7.66. The van der Waals surface area contributed by atoms with Crippen molar-refractivity contribution in [2.45, 2.75) is 0 Å². The van der Waals surface area contributed by atoms with Crippen molar-refractivity contribution < 1.29 is 33.2 Å². The molecule has 0 amide bonds. The summed E-state index contributed by atoms with van der Waals surface area (Å²) in [5, 5.41) is 3.18. The highest BCUT2D eigenvalue weighted by Crippen LogP contribution is 2.39. The van der Waals surface area contributed by atoms with Gasteiger partial charge in [0.05, 0.1) is 42.7 Å². The Bertz CT molecular complexity index is 1260. The van der Waals surface area contributed by atoms with Gasteiger partial charge in [0.2, 0.25) is 5.75 Å². The molecule has 0 saturated heterocycles. The molecule has 0 aromatic heterocycles. The molecule has 0 aliphatic heterocycles. The van der Waals surface area contributed by atoms with Gasteiger partial charge in [-0.15, -0.1) is 0 Å². The van der Waals surface area contributed by atoms with Crippen LogP contribution >= 0.6 is 0 Å². The van der Waals surface area contributed by atoms with Crippen LogP contribution in [-0.2, 0) is 0 Å². The third kappa shape index (κ3) is 6.55. The van der Waals surface area contributed by atoms with Crippen molar-refractivity contribution in [2.24, 2.45) is 0 Å². The second-order valence-electron chi connectivity index (χ2n) is 7.66. The zero-order valence-electron chi connectivity index (χ0n) is 21.8. The van der Waals surface area contributed by atoms with E-state index in [1.807, 2.05) is 30.4 Å². The van der Waals surface area contributed by atoms with Crippen LogP contribution in [0.25, 0.3) is 12.2 Å². The molecule has 0 aliphatic carbocycles.